The van der Waals surface area contributed by atoms with E-state index in [-0.39, 0.29) is 17.9 Å². The summed E-state index contributed by atoms with van der Waals surface area (Å²) in [5, 5.41) is 2.82. The minimum Gasteiger partial charge on any atom is -0.457 e. The van der Waals surface area contributed by atoms with Crippen LogP contribution in [-0.2, 0) is 23.2 Å². The van der Waals surface area contributed by atoms with Gasteiger partial charge in [0.2, 0.25) is 5.91 Å². The number of ether oxygens (including phenoxy) is 1. The van der Waals surface area contributed by atoms with Gasteiger partial charge in [0.25, 0.3) is 0 Å². The third-order valence-corrected chi connectivity index (χ3v) is 6.40. The molecule has 176 valence electrons. The summed E-state index contributed by atoms with van der Waals surface area (Å²) < 4.78 is 48.1. The topological polar surface area (TPSA) is 38.3 Å². The Hall–Kier alpha value is -4.06. The minimum absolute atomic E-state index is 0.184. The molecule has 0 spiro atoms. The highest BCUT2D eigenvalue weighted by atomic mass is 19.2. The Morgan fingerprint density at radius 2 is 1.60 bits per heavy atom. The van der Waals surface area contributed by atoms with E-state index in [0.717, 1.165) is 22.8 Å². The molecule has 1 heterocycles. The molecule has 0 saturated heterocycles. The van der Waals surface area contributed by atoms with Gasteiger partial charge in [-0.25, -0.2) is 13.2 Å². The van der Waals surface area contributed by atoms with Crippen molar-refractivity contribution in [2.24, 2.45) is 0 Å². The smallest absolute Gasteiger partial charge is 0.230 e. The van der Waals surface area contributed by atoms with Gasteiger partial charge >= 0.3 is 0 Å². The van der Waals surface area contributed by atoms with Crippen LogP contribution < -0.4 is 10.1 Å². The van der Waals surface area contributed by atoms with Crippen molar-refractivity contribution in [1.29, 1.82) is 0 Å². The standard InChI is InChI=1S/C29H22F3NO2/c1-29(16-21-12-22(30)15-26(31)27(21)32)25-14-19(10-11-20(25)17-33-28(29)34)18-6-5-9-24(13-18)35-23-7-3-2-4-8-23/h2-15H,16-17H2,1H3,(H,33,34). The fourth-order valence-electron chi connectivity index (χ4n) is 4.57. The lowest BCUT2D eigenvalue weighted by molar-refractivity contribution is -0.127. The molecule has 4 aromatic rings. The summed E-state index contributed by atoms with van der Waals surface area (Å²) in [7, 11) is 0. The molecule has 0 aromatic heterocycles. The molecule has 6 heteroatoms. The second-order valence-electron chi connectivity index (χ2n) is 8.87. The summed E-state index contributed by atoms with van der Waals surface area (Å²) in [6, 6.07) is 24.2. The number of nitrogens with one attached hydrogen (secondary N) is 1. The Bertz CT molecular complexity index is 1420. The summed E-state index contributed by atoms with van der Waals surface area (Å²) in [4.78, 5) is 13.0. The Kier molecular flexibility index (Phi) is 5.81. The van der Waals surface area contributed by atoms with E-state index in [1.807, 2.05) is 72.8 Å². The zero-order chi connectivity index (χ0) is 24.6. The molecular weight excluding hydrogens is 451 g/mol. The van der Waals surface area contributed by atoms with E-state index >= 15 is 0 Å². The quantitative estimate of drug-likeness (QED) is 0.328. The van der Waals surface area contributed by atoms with Crippen LogP contribution in [0.3, 0.4) is 0 Å². The third kappa shape index (κ3) is 4.39. The monoisotopic (exact) mass is 473 g/mol. The number of benzene rings is 4. The van der Waals surface area contributed by atoms with E-state index in [9.17, 15) is 18.0 Å². The molecule has 4 aromatic carbocycles. The largest absolute Gasteiger partial charge is 0.457 e. The molecular formula is C29H22F3NO2. The van der Waals surface area contributed by atoms with Crippen molar-refractivity contribution < 1.29 is 22.7 Å². The van der Waals surface area contributed by atoms with E-state index in [0.29, 0.717) is 29.7 Å². The van der Waals surface area contributed by atoms with Crippen molar-refractivity contribution >= 4 is 5.91 Å². The highest BCUT2D eigenvalue weighted by Crippen LogP contribution is 2.38. The number of rotatable bonds is 5. The average molecular weight is 473 g/mol. The SMILES string of the molecule is CC1(Cc2cc(F)cc(F)c2F)C(=O)NCc2ccc(-c3cccc(Oc4ccccc4)c3)cc21. The number of hydrogen-bond acceptors (Lipinski definition) is 2. The number of halogens is 3. The van der Waals surface area contributed by atoms with Crippen molar-refractivity contribution in [1.82, 2.24) is 5.32 Å². The minimum atomic E-state index is -1.27. The molecule has 1 atom stereocenters. The zero-order valence-electron chi connectivity index (χ0n) is 18.9. The van der Waals surface area contributed by atoms with E-state index in [2.05, 4.69) is 5.32 Å². The lowest BCUT2D eigenvalue weighted by Crippen LogP contribution is -2.48. The molecule has 35 heavy (non-hydrogen) atoms. The molecule has 0 bridgehead atoms. The van der Waals surface area contributed by atoms with Crippen molar-refractivity contribution in [3.05, 3.63) is 119 Å². The fraction of sp³-hybridized carbons (Fsp3) is 0.138. The van der Waals surface area contributed by atoms with Crippen molar-refractivity contribution in [2.75, 3.05) is 0 Å². The van der Waals surface area contributed by atoms with Gasteiger partial charge in [-0.2, -0.15) is 0 Å². The molecule has 1 amide bonds. The Morgan fingerprint density at radius 3 is 2.40 bits per heavy atom. The Morgan fingerprint density at radius 1 is 0.857 bits per heavy atom. The van der Waals surface area contributed by atoms with Crippen LogP contribution in [0.2, 0.25) is 0 Å². The zero-order valence-corrected chi connectivity index (χ0v) is 18.9. The number of para-hydroxylation sites is 1. The first kappa shape index (κ1) is 22.7. The lowest BCUT2D eigenvalue weighted by Gasteiger charge is -2.35. The van der Waals surface area contributed by atoms with E-state index in [1.54, 1.807) is 6.92 Å². The summed E-state index contributed by atoms with van der Waals surface area (Å²) in [5.74, 6) is -2.26. The first-order valence-corrected chi connectivity index (χ1v) is 11.2. The van der Waals surface area contributed by atoms with Gasteiger partial charge in [-0.05, 0) is 77.6 Å². The van der Waals surface area contributed by atoms with Crippen LogP contribution >= 0.6 is 0 Å². The number of carbonyl (C=O) groups is 1. The molecule has 5 rings (SSSR count). The predicted molar refractivity (Wildman–Crippen MR) is 128 cm³/mol. The highest BCUT2D eigenvalue weighted by Gasteiger charge is 2.41. The summed E-state index contributed by atoms with van der Waals surface area (Å²) in [5.41, 5.74) is 1.87. The van der Waals surface area contributed by atoms with E-state index in [1.165, 1.54) is 0 Å². The van der Waals surface area contributed by atoms with Crippen LogP contribution in [0, 0.1) is 17.5 Å². The summed E-state index contributed by atoms with van der Waals surface area (Å²) in [6.07, 6.45) is -0.188. The molecule has 3 nitrogen and oxygen atoms in total. The molecule has 1 aliphatic heterocycles. The van der Waals surface area contributed by atoms with Crippen LogP contribution in [-0.4, -0.2) is 5.91 Å². The van der Waals surface area contributed by atoms with E-state index < -0.39 is 22.9 Å². The van der Waals surface area contributed by atoms with Crippen molar-refractivity contribution in [3.63, 3.8) is 0 Å². The average Bonchev–Trinajstić information content (AvgIpc) is 2.85. The molecule has 1 N–H and O–H groups in total. The molecule has 1 unspecified atom stereocenters. The van der Waals surface area contributed by atoms with Gasteiger partial charge in [0.05, 0.1) is 5.41 Å². The van der Waals surface area contributed by atoms with Crippen LogP contribution in [0.4, 0.5) is 13.2 Å². The number of fused-ring (bicyclic) bond motifs is 1. The van der Waals surface area contributed by atoms with Crippen LogP contribution in [0.1, 0.15) is 23.6 Å². The lowest BCUT2D eigenvalue weighted by atomic mass is 9.72. The normalized spacial score (nSPS) is 17.0. The maximum absolute atomic E-state index is 14.5. The van der Waals surface area contributed by atoms with Gasteiger partial charge < -0.3 is 10.1 Å². The number of amides is 1. The Balaban J connectivity index is 1.53. The molecule has 0 fully saturated rings. The summed E-state index contributed by atoms with van der Waals surface area (Å²) >= 11 is 0. The van der Waals surface area contributed by atoms with Crippen LogP contribution in [0.15, 0.2) is 84.9 Å². The second kappa shape index (κ2) is 8.95. The molecule has 0 radical (unpaired) electrons. The Labute approximate surface area is 201 Å². The van der Waals surface area contributed by atoms with Crippen LogP contribution in [0.25, 0.3) is 11.1 Å². The molecule has 1 aliphatic rings. The third-order valence-electron chi connectivity index (χ3n) is 6.40. The first-order chi connectivity index (χ1) is 16.8. The van der Waals surface area contributed by atoms with Gasteiger partial charge in [-0.3, -0.25) is 4.79 Å². The van der Waals surface area contributed by atoms with Gasteiger partial charge in [-0.1, -0.05) is 42.5 Å². The summed E-state index contributed by atoms with van der Waals surface area (Å²) in [6.45, 7) is 1.99. The first-order valence-electron chi connectivity index (χ1n) is 11.2. The van der Waals surface area contributed by atoms with E-state index in [4.69, 9.17) is 4.74 Å². The fourth-order valence-corrected chi connectivity index (χ4v) is 4.57. The predicted octanol–water partition coefficient (Wildman–Crippen LogP) is 6.69. The van der Waals surface area contributed by atoms with Gasteiger partial charge in [0.1, 0.15) is 17.3 Å². The van der Waals surface area contributed by atoms with Crippen LogP contribution in [0.5, 0.6) is 11.5 Å². The van der Waals surface area contributed by atoms with Gasteiger partial charge in [0, 0.05) is 12.6 Å². The second-order valence-corrected chi connectivity index (χ2v) is 8.87. The van der Waals surface area contributed by atoms with Gasteiger partial charge in [0.15, 0.2) is 11.6 Å². The van der Waals surface area contributed by atoms with Crippen molar-refractivity contribution in [3.8, 4) is 22.6 Å². The number of hydrogen-bond donors (Lipinski definition) is 1. The van der Waals surface area contributed by atoms with Gasteiger partial charge in [-0.15, -0.1) is 0 Å². The maximum atomic E-state index is 14.5. The molecule has 0 aliphatic carbocycles. The highest BCUT2D eigenvalue weighted by molar-refractivity contribution is 5.91. The molecule has 0 saturated carbocycles. The number of carbonyl (C=O) groups excluding carboxylic acids is 1. The maximum Gasteiger partial charge on any atom is 0.230 e. The van der Waals surface area contributed by atoms with Crippen molar-refractivity contribution in [2.45, 2.75) is 25.3 Å².